The molecule has 0 saturated heterocycles. The summed E-state index contributed by atoms with van der Waals surface area (Å²) in [7, 11) is 0. The summed E-state index contributed by atoms with van der Waals surface area (Å²) in [6, 6.07) is 15.2. The molecule has 1 saturated carbocycles. The number of hydrogen-bond acceptors (Lipinski definition) is 4. The lowest BCUT2D eigenvalue weighted by Crippen LogP contribution is -2.59. The Morgan fingerprint density at radius 3 is 2.18 bits per heavy atom. The van der Waals surface area contributed by atoms with E-state index in [1.165, 1.54) is 0 Å². The second-order valence-electron chi connectivity index (χ2n) is 9.58. The van der Waals surface area contributed by atoms with Gasteiger partial charge < -0.3 is 20.5 Å². The molecule has 2 atom stereocenters. The molecule has 2 unspecified atom stereocenters. The highest BCUT2D eigenvalue weighted by Crippen LogP contribution is 2.44. The van der Waals surface area contributed by atoms with Crippen molar-refractivity contribution in [1.29, 1.82) is 0 Å². The molecule has 0 aromatic heterocycles. The Kier molecular flexibility index (Phi) is 6.91. The van der Waals surface area contributed by atoms with E-state index in [-0.39, 0.29) is 12.5 Å². The average Bonchev–Trinajstić information content (AvgIpc) is 3.58. The van der Waals surface area contributed by atoms with Gasteiger partial charge in [-0.15, -0.1) is 0 Å². The Bertz CT molecular complexity index is 1030. The molecule has 2 aliphatic rings. The summed E-state index contributed by atoms with van der Waals surface area (Å²) in [5.41, 5.74) is 3.22. The van der Waals surface area contributed by atoms with Gasteiger partial charge in [-0.3, -0.25) is 4.79 Å². The molecule has 0 spiro atoms. The number of carbonyl (C=O) groups is 3. The van der Waals surface area contributed by atoms with Gasteiger partial charge in [0.1, 0.15) is 18.2 Å². The van der Waals surface area contributed by atoms with E-state index in [0.29, 0.717) is 25.2 Å². The molecule has 2 aromatic carbocycles. The van der Waals surface area contributed by atoms with Gasteiger partial charge in [0.25, 0.3) is 0 Å². The van der Waals surface area contributed by atoms with Crippen molar-refractivity contribution in [3.05, 3.63) is 59.7 Å². The molecule has 34 heavy (non-hydrogen) atoms. The number of carboxylic acids is 1. The lowest BCUT2D eigenvalue weighted by atomic mass is 9.94. The van der Waals surface area contributed by atoms with Gasteiger partial charge in [-0.1, -0.05) is 74.7 Å². The third-order valence-corrected chi connectivity index (χ3v) is 6.84. The molecule has 3 N–H and O–H groups in total. The van der Waals surface area contributed by atoms with Crippen LogP contribution in [0, 0.1) is 5.92 Å². The number of aliphatic carboxylic acids is 1. The van der Waals surface area contributed by atoms with E-state index in [4.69, 9.17) is 4.74 Å². The zero-order valence-electron chi connectivity index (χ0n) is 19.7. The molecular formula is C27H32N2O5. The normalized spacial score (nSPS) is 17.1. The minimum atomic E-state index is -1.27. The predicted molar refractivity (Wildman–Crippen MR) is 128 cm³/mol. The number of carbonyl (C=O) groups excluding carboxylic acids is 2. The first kappa shape index (κ1) is 23.8. The summed E-state index contributed by atoms with van der Waals surface area (Å²) in [4.78, 5) is 37.5. The van der Waals surface area contributed by atoms with Crippen LogP contribution in [0.4, 0.5) is 4.79 Å². The van der Waals surface area contributed by atoms with Crippen LogP contribution in [0.2, 0.25) is 0 Å². The number of hydrogen-bond donors (Lipinski definition) is 3. The number of nitrogens with one attached hydrogen (secondary N) is 2. The maximum Gasteiger partial charge on any atom is 0.408 e. The molecule has 2 aromatic rings. The minimum absolute atomic E-state index is 0.0839. The smallest absolute Gasteiger partial charge is 0.408 e. The molecule has 0 aliphatic heterocycles. The van der Waals surface area contributed by atoms with Gasteiger partial charge >= 0.3 is 12.1 Å². The Morgan fingerprint density at radius 1 is 1.06 bits per heavy atom. The third kappa shape index (κ3) is 5.08. The molecule has 4 rings (SSSR count). The molecule has 2 aliphatic carbocycles. The second-order valence-corrected chi connectivity index (χ2v) is 9.58. The predicted octanol–water partition coefficient (Wildman–Crippen LogP) is 4.45. The van der Waals surface area contributed by atoms with E-state index in [1.54, 1.807) is 6.92 Å². The molecule has 0 heterocycles. The van der Waals surface area contributed by atoms with Crippen LogP contribution in [0.15, 0.2) is 48.5 Å². The standard InChI is InChI=1S/C27H32N2O5/c1-3-14-27(2,25(32)28-23(24(30)31)15-17-12-13-17)29-26(33)34-16-22-20-10-6-4-8-18(20)19-9-5-7-11-21(19)22/h4-11,17,22-23H,3,12-16H2,1-2H3,(H,28,32)(H,29,33)(H,30,31). The van der Waals surface area contributed by atoms with E-state index >= 15 is 0 Å². The quantitative estimate of drug-likeness (QED) is 0.482. The van der Waals surface area contributed by atoms with Crippen molar-refractivity contribution in [3.8, 4) is 11.1 Å². The van der Waals surface area contributed by atoms with Crippen molar-refractivity contribution in [2.75, 3.05) is 6.61 Å². The number of benzene rings is 2. The van der Waals surface area contributed by atoms with Gasteiger partial charge in [0.05, 0.1) is 0 Å². The Hall–Kier alpha value is -3.35. The molecule has 0 bridgehead atoms. The largest absolute Gasteiger partial charge is 0.480 e. The summed E-state index contributed by atoms with van der Waals surface area (Å²) < 4.78 is 5.61. The molecule has 7 nitrogen and oxygen atoms in total. The SMILES string of the molecule is CCCC(C)(NC(=O)OCC1c2ccccc2-c2ccccc21)C(=O)NC(CC1CC1)C(=O)O. The van der Waals surface area contributed by atoms with Crippen LogP contribution >= 0.6 is 0 Å². The van der Waals surface area contributed by atoms with Gasteiger partial charge in [0, 0.05) is 5.92 Å². The van der Waals surface area contributed by atoms with Crippen molar-refractivity contribution < 1.29 is 24.2 Å². The number of carboxylic acid groups (broad SMARTS) is 1. The van der Waals surface area contributed by atoms with Crippen LogP contribution in [0.1, 0.15) is 63.0 Å². The Morgan fingerprint density at radius 2 is 1.65 bits per heavy atom. The van der Waals surface area contributed by atoms with E-state index in [1.807, 2.05) is 43.3 Å². The number of amides is 2. The van der Waals surface area contributed by atoms with Crippen LogP contribution in [0.5, 0.6) is 0 Å². The van der Waals surface area contributed by atoms with Crippen LogP contribution in [-0.2, 0) is 14.3 Å². The van der Waals surface area contributed by atoms with E-state index in [0.717, 1.165) is 35.1 Å². The van der Waals surface area contributed by atoms with Crippen LogP contribution in [0.25, 0.3) is 11.1 Å². The fourth-order valence-corrected chi connectivity index (χ4v) is 4.82. The summed E-state index contributed by atoms with van der Waals surface area (Å²) in [6.45, 7) is 3.66. The Balaban J connectivity index is 1.42. The zero-order valence-corrected chi connectivity index (χ0v) is 19.7. The molecule has 0 radical (unpaired) electrons. The van der Waals surface area contributed by atoms with Crippen LogP contribution in [0.3, 0.4) is 0 Å². The molecule has 1 fully saturated rings. The minimum Gasteiger partial charge on any atom is -0.480 e. The van der Waals surface area contributed by atoms with Crippen LogP contribution in [-0.4, -0.2) is 41.3 Å². The number of fused-ring (bicyclic) bond motifs is 3. The van der Waals surface area contributed by atoms with Crippen molar-refractivity contribution in [3.63, 3.8) is 0 Å². The first-order valence-corrected chi connectivity index (χ1v) is 12.0. The van der Waals surface area contributed by atoms with Gasteiger partial charge in [-0.05, 0) is 47.9 Å². The first-order chi connectivity index (χ1) is 16.3. The highest BCUT2D eigenvalue weighted by atomic mass is 16.5. The van der Waals surface area contributed by atoms with Crippen molar-refractivity contribution in [2.45, 2.75) is 63.5 Å². The van der Waals surface area contributed by atoms with E-state index < -0.39 is 29.6 Å². The number of ether oxygens (including phenoxy) is 1. The summed E-state index contributed by atoms with van der Waals surface area (Å²) in [6.07, 6.45) is 2.69. The van der Waals surface area contributed by atoms with Gasteiger partial charge in [0.2, 0.25) is 5.91 Å². The number of alkyl carbamates (subject to hydrolysis) is 1. The fourth-order valence-electron chi connectivity index (χ4n) is 4.82. The van der Waals surface area contributed by atoms with Crippen molar-refractivity contribution in [1.82, 2.24) is 10.6 Å². The molecule has 2 amide bonds. The molecule has 7 heteroatoms. The summed E-state index contributed by atoms with van der Waals surface area (Å²) in [5.74, 6) is -1.30. The highest BCUT2D eigenvalue weighted by Gasteiger charge is 2.39. The van der Waals surface area contributed by atoms with Crippen LogP contribution < -0.4 is 10.6 Å². The first-order valence-electron chi connectivity index (χ1n) is 12.0. The third-order valence-electron chi connectivity index (χ3n) is 6.84. The average molecular weight is 465 g/mol. The monoisotopic (exact) mass is 464 g/mol. The van der Waals surface area contributed by atoms with Gasteiger partial charge in [-0.25, -0.2) is 9.59 Å². The summed E-state index contributed by atoms with van der Waals surface area (Å²) in [5, 5.41) is 14.9. The van der Waals surface area contributed by atoms with Gasteiger partial charge in [0.15, 0.2) is 0 Å². The van der Waals surface area contributed by atoms with Gasteiger partial charge in [-0.2, -0.15) is 0 Å². The van der Waals surface area contributed by atoms with Crippen molar-refractivity contribution in [2.24, 2.45) is 5.92 Å². The molecule has 180 valence electrons. The maximum atomic E-state index is 13.1. The van der Waals surface area contributed by atoms with E-state index in [2.05, 4.69) is 22.8 Å². The highest BCUT2D eigenvalue weighted by molar-refractivity contribution is 5.92. The zero-order chi connectivity index (χ0) is 24.3. The van der Waals surface area contributed by atoms with E-state index in [9.17, 15) is 19.5 Å². The van der Waals surface area contributed by atoms with Crippen molar-refractivity contribution >= 4 is 18.0 Å². The lowest BCUT2D eigenvalue weighted by molar-refractivity contribution is -0.143. The Labute approximate surface area is 199 Å². The lowest BCUT2D eigenvalue weighted by Gasteiger charge is -2.30. The topological polar surface area (TPSA) is 105 Å². The second kappa shape index (κ2) is 9.87. The summed E-state index contributed by atoms with van der Waals surface area (Å²) >= 11 is 0. The maximum absolute atomic E-state index is 13.1. The number of rotatable bonds is 10. The fraction of sp³-hybridized carbons (Fsp3) is 0.444. The molecular weight excluding hydrogens is 432 g/mol.